The van der Waals surface area contributed by atoms with Crippen LogP contribution in [-0.4, -0.2) is 32.1 Å². The highest BCUT2D eigenvalue weighted by atomic mass is 35.5. The largest absolute Gasteiger partial charge is 0.319 e. The molecule has 0 bridgehead atoms. The Morgan fingerprint density at radius 1 is 1.30 bits per heavy atom. The van der Waals surface area contributed by atoms with Gasteiger partial charge in [0.05, 0.1) is 0 Å². The Balaban J connectivity index is 2.72. The van der Waals surface area contributed by atoms with Gasteiger partial charge in [0, 0.05) is 24.2 Å². The smallest absolute Gasteiger partial charge is 0.0406 e. The summed E-state index contributed by atoms with van der Waals surface area (Å²) in [7, 11) is 4.25. The average molecular weight is 297 g/mol. The second kappa shape index (κ2) is 8.02. The molecule has 2 nitrogen and oxygen atoms in total. The average Bonchev–Trinajstić information content (AvgIpc) is 2.39. The number of hydrogen-bond donors (Lipinski definition) is 1. The van der Waals surface area contributed by atoms with Crippen molar-refractivity contribution < 1.29 is 0 Å². The van der Waals surface area contributed by atoms with Crippen LogP contribution in [0.5, 0.6) is 0 Å². The van der Waals surface area contributed by atoms with Crippen LogP contribution in [0.2, 0.25) is 5.02 Å². The molecular weight excluding hydrogens is 268 g/mol. The highest BCUT2D eigenvalue weighted by Gasteiger charge is 2.26. The van der Waals surface area contributed by atoms with Crippen molar-refractivity contribution in [2.24, 2.45) is 5.41 Å². The van der Waals surface area contributed by atoms with Crippen molar-refractivity contribution in [1.82, 2.24) is 10.2 Å². The molecule has 114 valence electrons. The van der Waals surface area contributed by atoms with Gasteiger partial charge in [0.1, 0.15) is 0 Å². The minimum Gasteiger partial charge on any atom is -0.319 e. The summed E-state index contributed by atoms with van der Waals surface area (Å²) in [6.45, 7) is 9.04. The predicted molar refractivity (Wildman–Crippen MR) is 89.4 cm³/mol. The van der Waals surface area contributed by atoms with Gasteiger partial charge in [0.25, 0.3) is 0 Å². The van der Waals surface area contributed by atoms with Gasteiger partial charge < -0.3 is 5.32 Å². The first-order valence-electron chi connectivity index (χ1n) is 7.52. The van der Waals surface area contributed by atoms with Gasteiger partial charge >= 0.3 is 0 Å². The molecule has 0 radical (unpaired) electrons. The maximum atomic E-state index is 5.96. The third kappa shape index (κ3) is 5.08. The van der Waals surface area contributed by atoms with Crippen molar-refractivity contribution in [3.63, 3.8) is 0 Å². The van der Waals surface area contributed by atoms with Gasteiger partial charge in [-0.2, -0.15) is 0 Å². The third-order valence-corrected chi connectivity index (χ3v) is 4.35. The molecule has 0 saturated carbocycles. The van der Waals surface area contributed by atoms with Crippen molar-refractivity contribution in [2.45, 2.75) is 39.7 Å². The normalized spacial score (nSPS) is 16.1. The van der Waals surface area contributed by atoms with E-state index in [1.807, 2.05) is 19.2 Å². The molecule has 1 aromatic carbocycles. The van der Waals surface area contributed by atoms with E-state index < -0.39 is 0 Å². The molecule has 0 aliphatic carbocycles. The number of nitrogens with one attached hydrogen (secondary N) is 1. The first kappa shape index (κ1) is 17.5. The van der Waals surface area contributed by atoms with E-state index in [0.29, 0.717) is 11.5 Å². The molecule has 20 heavy (non-hydrogen) atoms. The van der Waals surface area contributed by atoms with Gasteiger partial charge in [0.2, 0.25) is 0 Å². The molecule has 0 aliphatic rings. The van der Waals surface area contributed by atoms with Gasteiger partial charge in [-0.15, -0.1) is 0 Å². The lowest BCUT2D eigenvalue weighted by atomic mass is 9.84. The Bertz CT molecular complexity index is 382. The highest BCUT2D eigenvalue weighted by molar-refractivity contribution is 6.30. The van der Waals surface area contributed by atoms with E-state index in [0.717, 1.165) is 18.1 Å². The zero-order chi connectivity index (χ0) is 15.2. The summed E-state index contributed by atoms with van der Waals surface area (Å²) in [4.78, 5) is 2.44. The number of halogens is 1. The van der Waals surface area contributed by atoms with E-state index in [2.05, 4.69) is 50.2 Å². The molecule has 0 heterocycles. The Morgan fingerprint density at radius 2 is 1.90 bits per heavy atom. The molecule has 0 fully saturated rings. The Morgan fingerprint density at radius 3 is 2.40 bits per heavy atom. The van der Waals surface area contributed by atoms with E-state index in [9.17, 15) is 0 Å². The molecule has 1 N–H and O–H groups in total. The molecule has 2 atom stereocenters. The van der Waals surface area contributed by atoms with Crippen LogP contribution in [0, 0.1) is 5.41 Å². The molecule has 1 rings (SSSR count). The maximum absolute atomic E-state index is 5.96. The Labute approximate surface area is 129 Å². The van der Waals surface area contributed by atoms with E-state index in [4.69, 9.17) is 11.6 Å². The number of benzene rings is 1. The van der Waals surface area contributed by atoms with E-state index in [-0.39, 0.29) is 0 Å². The van der Waals surface area contributed by atoms with E-state index >= 15 is 0 Å². The van der Waals surface area contributed by atoms with Crippen LogP contribution in [0.3, 0.4) is 0 Å². The number of hydrogen-bond acceptors (Lipinski definition) is 2. The zero-order valence-electron chi connectivity index (χ0n) is 13.5. The summed E-state index contributed by atoms with van der Waals surface area (Å²) >= 11 is 5.96. The first-order valence-corrected chi connectivity index (χ1v) is 7.90. The monoisotopic (exact) mass is 296 g/mol. The zero-order valence-corrected chi connectivity index (χ0v) is 14.3. The SMILES string of the molecule is CCCC(C)(CNC)CN(C)C(C)c1ccc(Cl)cc1. The molecule has 1 aromatic rings. The molecule has 0 saturated heterocycles. The maximum Gasteiger partial charge on any atom is 0.0406 e. The second-order valence-electron chi connectivity index (χ2n) is 6.23. The molecule has 0 aromatic heterocycles. The summed E-state index contributed by atoms with van der Waals surface area (Å²) in [6.07, 6.45) is 2.47. The standard InChI is InChI=1S/C17H29ClN2/c1-6-11-17(3,12-19-4)13-20(5)14(2)15-7-9-16(18)10-8-15/h7-10,14,19H,6,11-13H2,1-5H3. The minimum absolute atomic E-state index is 0.318. The molecular formula is C17H29ClN2. The van der Waals surface area contributed by atoms with E-state index in [1.165, 1.54) is 18.4 Å². The second-order valence-corrected chi connectivity index (χ2v) is 6.67. The van der Waals surface area contributed by atoms with Crippen LogP contribution in [0.15, 0.2) is 24.3 Å². The molecule has 0 amide bonds. The fourth-order valence-electron chi connectivity index (χ4n) is 2.99. The van der Waals surface area contributed by atoms with Crippen LogP contribution in [0.25, 0.3) is 0 Å². The Hall–Kier alpha value is -0.570. The van der Waals surface area contributed by atoms with Crippen molar-refractivity contribution in [1.29, 1.82) is 0 Å². The van der Waals surface area contributed by atoms with Crippen LogP contribution >= 0.6 is 11.6 Å². The first-order chi connectivity index (χ1) is 9.41. The summed E-state index contributed by atoms with van der Waals surface area (Å²) in [5.74, 6) is 0. The van der Waals surface area contributed by atoms with Crippen LogP contribution in [0.1, 0.15) is 45.2 Å². The van der Waals surface area contributed by atoms with Crippen LogP contribution < -0.4 is 5.32 Å². The molecule has 2 unspecified atom stereocenters. The third-order valence-electron chi connectivity index (χ3n) is 4.10. The molecule has 0 spiro atoms. The lowest BCUT2D eigenvalue weighted by Crippen LogP contribution is -2.41. The van der Waals surface area contributed by atoms with Crippen molar-refractivity contribution >= 4 is 11.6 Å². The van der Waals surface area contributed by atoms with Crippen LogP contribution in [0.4, 0.5) is 0 Å². The summed E-state index contributed by atoms with van der Waals surface area (Å²) in [6, 6.07) is 8.60. The van der Waals surface area contributed by atoms with Gasteiger partial charge in [-0.05, 0) is 50.6 Å². The topological polar surface area (TPSA) is 15.3 Å². The van der Waals surface area contributed by atoms with Crippen LogP contribution in [-0.2, 0) is 0 Å². The van der Waals surface area contributed by atoms with Gasteiger partial charge in [-0.1, -0.05) is 44.0 Å². The summed E-state index contributed by atoms with van der Waals surface area (Å²) in [5, 5.41) is 4.14. The van der Waals surface area contributed by atoms with Gasteiger partial charge in [0.15, 0.2) is 0 Å². The van der Waals surface area contributed by atoms with Crippen molar-refractivity contribution in [3.05, 3.63) is 34.9 Å². The molecule has 3 heteroatoms. The van der Waals surface area contributed by atoms with Gasteiger partial charge in [-0.25, -0.2) is 0 Å². The summed E-state index contributed by atoms with van der Waals surface area (Å²) < 4.78 is 0. The van der Waals surface area contributed by atoms with E-state index in [1.54, 1.807) is 0 Å². The van der Waals surface area contributed by atoms with Gasteiger partial charge in [-0.3, -0.25) is 4.90 Å². The minimum atomic E-state index is 0.318. The lowest BCUT2D eigenvalue weighted by molar-refractivity contribution is 0.144. The number of rotatable bonds is 8. The predicted octanol–water partition coefficient (Wildman–Crippen LogP) is 4.36. The Kier molecular flexibility index (Phi) is 7.01. The molecule has 0 aliphatic heterocycles. The van der Waals surface area contributed by atoms with Crippen molar-refractivity contribution in [2.75, 3.05) is 27.2 Å². The number of nitrogens with zero attached hydrogens (tertiary/aromatic N) is 1. The summed E-state index contributed by atoms with van der Waals surface area (Å²) in [5.41, 5.74) is 1.64. The fraction of sp³-hybridized carbons (Fsp3) is 0.647. The van der Waals surface area contributed by atoms with Crippen molar-refractivity contribution in [3.8, 4) is 0 Å². The lowest BCUT2D eigenvalue weighted by Gasteiger charge is -2.36. The quantitative estimate of drug-likeness (QED) is 0.767. The highest BCUT2D eigenvalue weighted by Crippen LogP contribution is 2.28. The fourth-order valence-corrected chi connectivity index (χ4v) is 3.11.